The molecule has 80 valence electrons. The van der Waals surface area contributed by atoms with E-state index < -0.39 is 0 Å². The van der Waals surface area contributed by atoms with Crippen molar-refractivity contribution in [2.75, 3.05) is 11.9 Å². The van der Waals surface area contributed by atoms with Crippen molar-refractivity contribution in [3.05, 3.63) is 29.8 Å². The van der Waals surface area contributed by atoms with Crippen molar-refractivity contribution < 1.29 is 4.79 Å². The topological polar surface area (TPSA) is 55.1 Å². The van der Waals surface area contributed by atoms with Crippen LogP contribution in [0.15, 0.2) is 24.3 Å². The average molecular weight is 204 g/mol. The monoisotopic (exact) mass is 204 g/mol. The maximum Gasteiger partial charge on any atom is 0.217 e. The third kappa shape index (κ3) is 2.49. The van der Waals surface area contributed by atoms with E-state index in [1.807, 2.05) is 6.07 Å². The van der Waals surface area contributed by atoms with E-state index in [1.54, 1.807) is 0 Å². The Morgan fingerprint density at radius 1 is 1.47 bits per heavy atom. The summed E-state index contributed by atoms with van der Waals surface area (Å²) in [6.45, 7) is 0.949. The van der Waals surface area contributed by atoms with Crippen LogP contribution in [-0.4, -0.2) is 12.5 Å². The zero-order valence-electron chi connectivity index (χ0n) is 8.70. The zero-order valence-corrected chi connectivity index (χ0v) is 8.70. The minimum absolute atomic E-state index is 0.200. The number of carbonyl (C=O) groups is 1. The molecule has 0 unspecified atom stereocenters. The van der Waals surface area contributed by atoms with Crippen LogP contribution in [0.4, 0.5) is 5.69 Å². The highest BCUT2D eigenvalue weighted by Crippen LogP contribution is 2.26. The Kier molecular flexibility index (Phi) is 2.90. The number of hydrogen-bond acceptors (Lipinski definition) is 2. The third-order valence-electron chi connectivity index (χ3n) is 2.91. The average Bonchev–Trinajstić information content (AvgIpc) is 2.26. The number of benzene rings is 1. The van der Waals surface area contributed by atoms with Crippen LogP contribution in [0.2, 0.25) is 0 Å². The van der Waals surface area contributed by atoms with Crippen molar-refractivity contribution in [1.29, 1.82) is 0 Å². The van der Waals surface area contributed by atoms with Crippen LogP contribution < -0.4 is 11.1 Å². The molecule has 1 aromatic rings. The van der Waals surface area contributed by atoms with Gasteiger partial charge in [-0.25, -0.2) is 0 Å². The molecule has 0 aromatic heterocycles. The van der Waals surface area contributed by atoms with Gasteiger partial charge < -0.3 is 11.1 Å². The Bertz CT molecular complexity index is 362. The first-order valence-electron chi connectivity index (χ1n) is 5.36. The van der Waals surface area contributed by atoms with Gasteiger partial charge in [0.05, 0.1) is 0 Å². The minimum atomic E-state index is -0.200. The second-order valence-corrected chi connectivity index (χ2v) is 4.11. The summed E-state index contributed by atoms with van der Waals surface area (Å²) in [5, 5.41) is 3.38. The smallest absolute Gasteiger partial charge is 0.217 e. The fourth-order valence-corrected chi connectivity index (χ4v) is 2.06. The van der Waals surface area contributed by atoms with Gasteiger partial charge in [-0.15, -0.1) is 0 Å². The van der Waals surface area contributed by atoms with Gasteiger partial charge >= 0.3 is 0 Å². The second-order valence-electron chi connectivity index (χ2n) is 4.11. The highest BCUT2D eigenvalue weighted by Gasteiger charge is 2.17. The molecular weight excluding hydrogens is 188 g/mol. The Hall–Kier alpha value is -1.51. The normalized spacial score (nSPS) is 19.1. The number of primary amides is 1. The molecule has 0 aliphatic carbocycles. The molecule has 1 amide bonds. The van der Waals surface area contributed by atoms with Gasteiger partial charge in [0.2, 0.25) is 5.91 Å². The lowest BCUT2D eigenvalue weighted by Crippen LogP contribution is -2.24. The van der Waals surface area contributed by atoms with E-state index in [0.29, 0.717) is 12.3 Å². The molecule has 0 saturated heterocycles. The van der Waals surface area contributed by atoms with Gasteiger partial charge in [0, 0.05) is 18.7 Å². The quantitative estimate of drug-likeness (QED) is 0.784. The van der Waals surface area contributed by atoms with Crippen molar-refractivity contribution in [2.45, 2.75) is 19.3 Å². The minimum Gasteiger partial charge on any atom is -0.385 e. The van der Waals surface area contributed by atoms with Crippen LogP contribution >= 0.6 is 0 Å². The first-order chi connectivity index (χ1) is 7.25. The van der Waals surface area contributed by atoms with E-state index in [2.05, 4.69) is 23.5 Å². The van der Waals surface area contributed by atoms with Crippen molar-refractivity contribution >= 4 is 11.6 Å². The van der Waals surface area contributed by atoms with E-state index in [-0.39, 0.29) is 5.91 Å². The summed E-state index contributed by atoms with van der Waals surface area (Å²) in [6, 6.07) is 8.32. The summed E-state index contributed by atoms with van der Waals surface area (Å²) >= 11 is 0. The SMILES string of the molecule is NC(=O)CC[C@H]1CNc2ccccc2C1. The van der Waals surface area contributed by atoms with E-state index in [9.17, 15) is 4.79 Å². The number of amides is 1. The molecule has 1 aliphatic heterocycles. The molecule has 3 heteroatoms. The number of carbonyl (C=O) groups excluding carboxylic acids is 1. The molecule has 1 heterocycles. The molecule has 1 atom stereocenters. The van der Waals surface area contributed by atoms with Gasteiger partial charge in [-0.05, 0) is 30.4 Å². The predicted octanol–water partition coefficient (Wildman–Crippen LogP) is 1.54. The lowest BCUT2D eigenvalue weighted by atomic mass is 9.90. The molecule has 2 rings (SSSR count). The van der Waals surface area contributed by atoms with Crippen LogP contribution in [0, 0.1) is 5.92 Å². The maximum absolute atomic E-state index is 10.7. The predicted molar refractivity (Wildman–Crippen MR) is 60.6 cm³/mol. The lowest BCUT2D eigenvalue weighted by molar-refractivity contribution is -0.118. The number of anilines is 1. The first-order valence-corrected chi connectivity index (χ1v) is 5.36. The van der Waals surface area contributed by atoms with Crippen LogP contribution in [0.1, 0.15) is 18.4 Å². The van der Waals surface area contributed by atoms with Crippen molar-refractivity contribution in [3.63, 3.8) is 0 Å². The maximum atomic E-state index is 10.7. The van der Waals surface area contributed by atoms with Gasteiger partial charge in [-0.2, -0.15) is 0 Å². The molecule has 0 spiro atoms. The standard InChI is InChI=1S/C12H16N2O/c13-12(15)6-5-9-7-10-3-1-2-4-11(10)14-8-9/h1-4,9,14H,5-8H2,(H2,13,15)/t9-/m1/s1. The number of fused-ring (bicyclic) bond motifs is 1. The number of hydrogen-bond donors (Lipinski definition) is 2. The van der Waals surface area contributed by atoms with E-state index >= 15 is 0 Å². The van der Waals surface area contributed by atoms with Gasteiger partial charge in [0.1, 0.15) is 0 Å². The second kappa shape index (κ2) is 4.34. The summed E-state index contributed by atoms with van der Waals surface area (Å²) in [4.78, 5) is 10.7. The van der Waals surface area contributed by atoms with Gasteiger partial charge in [-0.1, -0.05) is 18.2 Å². The summed E-state index contributed by atoms with van der Waals surface area (Å²) < 4.78 is 0. The van der Waals surface area contributed by atoms with Crippen molar-refractivity contribution in [1.82, 2.24) is 0 Å². The van der Waals surface area contributed by atoms with E-state index in [1.165, 1.54) is 11.3 Å². The fourth-order valence-electron chi connectivity index (χ4n) is 2.06. The Balaban J connectivity index is 1.96. The molecule has 0 fully saturated rings. The van der Waals surface area contributed by atoms with Crippen LogP contribution in [0.25, 0.3) is 0 Å². The fraction of sp³-hybridized carbons (Fsp3) is 0.417. The van der Waals surface area contributed by atoms with Crippen molar-refractivity contribution in [3.8, 4) is 0 Å². The van der Waals surface area contributed by atoms with Gasteiger partial charge in [-0.3, -0.25) is 4.79 Å². The number of nitrogens with one attached hydrogen (secondary N) is 1. The van der Waals surface area contributed by atoms with Crippen molar-refractivity contribution in [2.24, 2.45) is 11.7 Å². The lowest BCUT2D eigenvalue weighted by Gasteiger charge is -2.25. The van der Waals surface area contributed by atoms with Crippen LogP contribution in [0.5, 0.6) is 0 Å². The van der Waals surface area contributed by atoms with Gasteiger partial charge in [0.15, 0.2) is 0 Å². The Morgan fingerprint density at radius 3 is 3.07 bits per heavy atom. The summed E-state index contributed by atoms with van der Waals surface area (Å²) in [5.41, 5.74) is 7.72. The van der Waals surface area contributed by atoms with Crippen LogP contribution in [-0.2, 0) is 11.2 Å². The molecule has 0 radical (unpaired) electrons. The molecule has 1 aliphatic rings. The molecular formula is C12H16N2O. The van der Waals surface area contributed by atoms with Crippen LogP contribution in [0.3, 0.4) is 0 Å². The molecule has 1 aromatic carbocycles. The van der Waals surface area contributed by atoms with E-state index in [4.69, 9.17) is 5.73 Å². The summed E-state index contributed by atoms with van der Waals surface area (Å²) in [5.74, 6) is 0.334. The number of para-hydroxylation sites is 1. The summed E-state index contributed by atoms with van der Waals surface area (Å²) in [6.07, 6.45) is 2.43. The highest BCUT2D eigenvalue weighted by atomic mass is 16.1. The Labute approximate surface area is 89.7 Å². The molecule has 0 bridgehead atoms. The van der Waals surface area contributed by atoms with E-state index in [0.717, 1.165) is 19.4 Å². The Morgan fingerprint density at radius 2 is 2.27 bits per heavy atom. The largest absolute Gasteiger partial charge is 0.385 e. The molecule has 3 nitrogen and oxygen atoms in total. The molecule has 0 saturated carbocycles. The number of nitrogens with two attached hydrogens (primary N) is 1. The molecule has 15 heavy (non-hydrogen) atoms. The molecule has 3 N–H and O–H groups in total. The third-order valence-corrected chi connectivity index (χ3v) is 2.91. The van der Waals surface area contributed by atoms with Gasteiger partial charge in [0.25, 0.3) is 0 Å². The zero-order chi connectivity index (χ0) is 10.7. The number of rotatable bonds is 3. The first kappa shape index (κ1) is 10.0. The summed E-state index contributed by atoms with van der Waals surface area (Å²) in [7, 11) is 0. The highest BCUT2D eigenvalue weighted by molar-refractivity contribution is 5.73.